The van der Waals surface area contributed by atoms with E-state index in [4.69, 9.17) is 17.0 Å². The predicted molar refractivity (Wildman–Crippen MR) is 164 cm³/mol. The van der Waals surface area contributed by atoms with Crippen molar-refractivity contribution in [2.45, 2.75) is 43.3 Å². The van der Waals surface area contributed by atoms with Crippen molar-refractivity contribution in [1.82, 2.24) is 9.29 Å². The lowest BCUT2D eigenvalue weighted by Crippen LogP contribution is -2.48. The van der Waals surface area contributed by atoms with Crippen LogP contribution in [0.4, 0.5) is 18.9 Å². The first-order valence-electron chi connectivity index (χ1n) is 13.0. The molecular weight excluding hydrogens is 565 g/mol. The lowest BCUT2D eigenvalue weighted by molar-refractivity contribution is -0.149. The summed E-state index contributed by atoms with van der Waals surface area (Å²) in [6, 6.07) is 28.3. The number of pyridine rings is 1. The van der Waals surface area contributed by atoms with Gasteiger partial charge in [0.2, 0.25) is 0 Å². The van der Waals surface area contributed by atoms with E-state index < -0.39 is 28.2 Å². The highest BCUT2D eigenvalue weighted by atomic mass is 35.5. The standard InChI is InChI=1S/C32H32ClF3N4S/c1-30(2,3)41-40(4)29(32(34,35)36)28(37)25-21-38-27(33)20-26(25)39-31(22-14-8-5-9-15-22,23-16-10-6-11-17-23)24-18-12-7-13-19-24/h5-21,29,37H,1-4H3,(H,38,39). The van der Waals surface area contributed by atoms with E-state index in [0.717, 1.165) is 32.9 Å². The van der Waals surface area contributed by atoms with E-state index in [1.54, 1.807) is 0 Å². The SMILES string of the molecule is CN(SC(C)(C)C)C(C(=N)c1cnc(Cl)cc1NC(c1ccccc1)(c1ccccc1)c1ccccc1)C(F)(F)F. The Labute approximate surface area is 248 Å². The summed E-state index contributed by atoms with van der Waals surface area (Å²) < 4.78 is 44.3. The molecule has 1 aromatic heterocycles. The molecule has 0 fully saturated rings. The highest BCUT2D eigenvalue weighted by Gasteiger charge is 2.48. The van der Waals surface area contributed by atoms with Crippen molar-refractivity contribution >= 4 is 34.9 Å². The van der Waals surface area contributed by atoms with Crippen molar-refractivity contribution in [3.8, 4) is 0 Å². The Bertz CT molecular complexity index is 1360. The predicted octanol–water partition coefficient (Wildman–Crippen LogP) is 8.82. The zero-order valence-corrected chi connectivity index (χ0v) is 24.8. The first-order chi connectivity index (χ1) is 19.3. The summed E-state index contributed by atoms with van der Waals surface area (Å²) in [7, 11) is 1.36. The molecule has 0 spiro atoms. The van der Waals surface area contributed by atoms with E-state index in [2.05, 4.69) is 10.3 Å². The van der Waals surface area contributed by atoms with Gasteiger partial charge in [-0.3, -0.25) is 0 Å². The minimum atomic E-state index is -4.71. The summed E-state index contributed by atoms with van der Waals surface area (Å²) >= 11 is 7.38. The fraction of sp³-hybridized carbons (Fsp3) is 0.250. The number of alkyl halides is 3. The highest BCUT2D eigenvalue weighted by molar-refractivity contribution is 7.98. The number of nitrogens with zero attached hydrogens (tertiary/aromatic N) is 2. The monoisotopic (exact) mass is 596 g/mol. The molecule has 4 nitrogen and oxygen atoms in total. The molecule has 4 aromatic rings. The first-order valence-corrected chi connectivity index (χ1v) is 14.2. The van der Waals surface area contributed by atoms with Crippen LogP contribution in [0, 0.1) is 5.41 Å². The number of likely N-dealkylation sites (N-methyl/N-ethyl adjacent to an activating group) is 1. The summed E-state index contributed by atoms with van der Waals surface area (Å²) in [6.07, 6.45) is -3.47. The van der Waals surface area contributed by atoms with Gasteiger partial charge in [-0.05, 0) is 50.6 Å². The second-order valence-electron chi connectivity index (χ2n) is 10.6. The van der Waals surface area contributed by atoms with Crippen molar-refractivity contribution in [3.05, 3.63) is 131 Å². The number of rotatable bonds is 9. The molecule has 3 aromatic carbocycles. The smallest absolute Gasteiger partial charge is 0.367 e. The average molecular weight is 597 g/mol. The van der Waals surface area contributed by atoms with Gasteiger partial charge < -0.3 is 10.7 Å². The molecule has 0 saturated carbocycles. The van der Waals surface area contributed by atoms with Gasteiger partial charge in [-0.25, -0.2) is 9.29 Å². The van der Waals surface area contributed by atoms with Crippen LogP contribution in [0.5, 0.6) is 0 Å². The molecule has 0 saturated heterocycles. The fourth-order valence-corrected chi connectivity index (χ4v) is 6.27. The molecule has 0 aliphatic heterocycles. The van der Waals surface area contributed by atoms with E-state index in [1.165, 1.54) is 19.3 Å². The van der Waals surface area contributed by atoms with Crippen molar-refractivity contribution in [1.29, 1.82) is 5.41 Å². The molecule has 9 heteroatoms. The van der Waals surface area contributed by atoms with Gasteiger partial charge in [0.25, 0.3) is 0 Å². The number of nitrogens with one attached hydrogen (secondary N) is 2. The topological polar surface area (TPSA) is 52.0 Å². The maximum absolute atomic E-state index is 14.6. The summed E-state index contributed by atoms with van der Waals surface area (Å²) in [5.41, 5.74) is 1.16. The van der Waals surface area contributed by atoms with E-state index >= 15 is 0 Å². The normalized spacial score (nSPS) is 13.2. The van der Waals surface area contributed by atoms with Crippen LogP contribution < -0.4 is 5.32 Å². The zero-order chi connectivity index (χ0) is 29.8. The van der Waals surface area contributed by atoms with Crippen LogP contribution in [0.1, 0.15) is 43.0 Å². The minimum absolute atomic E-state index is 0.00486. The molecule has 0 aliphatic carbocycles. The summed E-state index contributed by atoms with van der Waals surface area (Å²) in [6.45, 7) is 5.49. The van der Waals surface area contributed by atoms with Gasteiger partial charge in [-0.2, -0.15) is 13.2 Å². The minimum Gasteiger partial charge on any atom is -0.367 e. The van der Waals surface area contributed by atoms with Gasteiger partial charge in [-0.15, -0.1) is 0 Å². The lowest BCUT2D eigenvalue weighted by atomic mass is 9.76. The van der Waals surface area contributed by atoms with E-state index in [1.807, 2.05) is 112 Å². The quantitative estimate of drug-likeness (QED) is 0.0877. The maximum atomic E-state index is 14.6. The average Bonchev–Trinajstić information content (AvgIpc) is 2.91. The summed E-state index contributed by atoms with van der Waals surface area (Å²) in [4.78, 5) is 4.10. The van der Waals surface area contributed by atoms with Crippen LogP contribution >= 0.6 is 23.5 Å². The molecule has 0 amide bonds. The van der Waals surface area contributed by atoms with Gasteiger partial charge in [0.05, 0.1) is 5.71 Å². The van der Waals surface area contributed by atoms with Crippen molar-refractivity contribution in [3.63, 3.8) is 0 Å². The summed E-state index contributed by atoms with van der Waals surface area (Å²) in [5, 5.41) is 12.6. The van der Waals surface area contributed by atoms with E-state index in [-0.39, 0.29) is 16.4 Å². The molecule has 4 rings (SSSR count). The number of benzene rings is 3. The number of anilines is 1. The van der Waals surface area contributed by atoms with Crippen molar-refractivity contribution in [2.75, 3.05) is 12.4 Å². The molecule has 214 valence electrons. The highest BCUT2D eigenvalue weighted by Crippen LogP contribution is 2.42. The third kappa shape index (κ3) is 6.94. The van der Waals surface area contributed by atoms with Gasteiger partial charge >= 0.3 is 6.18 Å². The van der Waals surface area contributed by atoms with E-state index in [9.17, 15) is 13.2 Å². The molecule has 0 bridgehead atoms. The maximum Gasteiger partial charge on any atom is 0.410 e. The number of hydrogen-bond acceptors (Lipinski definition) is 5. The van der Waals surface area contributed by atoms with Gasteiger partial charge in [0.15, 0.2) is 6.04 Å². The molecule has 0 radical (unpaired) electrons. The fourth-order valence-electron chi connectivity index (χ4n) is 4.91. The van der Waals surface area contributed by atoms with Crippen LogP contribution in [0.3, 0.4) is 0 Å². The molecule has 1 atom stereocenters. The third-order valence-electron chi connectivity index (χ3n) is 6.47. The largest absolute Gasteiger partial charge is 0.410 e. The van der Waals surface area contributed by atoms with Gasteiger partial charge in [0.1, 0.15) is 10.7 Å². The van der Waals surface area contributed by atoms with Gasteiger partial charge in [-0.1, -0.05) is 115 Å². The Balaban J connectivity index is 1.95. The van der Waals surface area contributed by atoms with Crippen molar-refractivity contribution < 1.29 is 13.2 Å². The second-order valence-corrected chi connectivity index (χ2v) is 13.0. The van der Waals surface area contributed by atoms with Crippen LogP contribution in [-0.2, 0) is 5.54 Å². The van der Waals surface area contributed by atoms with Gasteiger partial charge in [0, 0.05) is 22.2 Å². The molecule has 1 unspecified atom stereocenters. The van der Waals surface area contributed by atoms with Crippen LogP contribution in [-0.4, -0.2) is 39.0 Å². The van der Waals surface area contributed by atoms with Crippen LogP contribution in [0.2, 0.25) is 5.15 Å². The molecule has 0 aliphatic rings. The lowest BCUT2D eigenvalue weighted by Gasteiger charge is -2.39. The van der Waals surface area contributed by atoms with Crippen LogP contribution in [0.25, 0.3) is 0 Å². The second kappa shape index (κ2) is 12.3. The molecule has 41 heavy (non-hydrogen) atoms. The Kier molecular flexibility index (Phi) is 9.16. The number of aromatic nitrogens is 1. The number of hydrogen-bond donors (Lipinski definition) is 2. The third-order valence-corrected chi connectivity index (χ3v) is 7.72. The Hall–Kier alpha value is -3.33. The summed E-state index contributed by atoms with van der Waals surface area (Å²) in [5.74, 6) is 0. The molecule has 1 heterocycles. The Morgan fingerprint density at radius 1 is 0.854 bits per heavy atom. The molecular formula is C32H32ClF3N4S. The Morgan fingerprint density at radius 2 is 1.29 bits per heavy atom. The van der Waals surface area contributed by atoms with E-state index in [0.29, 0.717) is 0 Å². The zero-order valence-electron chi connectivity index (χ0n) is 23.2. The molecule has 2 N–H and O–H groups in total. The Morgan fingerprint density at radius 3 is 1.68 bits per heavy atom. The first kappa shape index (κ1) is 30.6. The number of halogens is 4. The van der Waals surface area contributed by atoms with Crippen LogP contribution in [0.15, 0.2) is 103 Å². The van der Waals surface area contributed by atoms with Crippen molar-refractivity contribution in [2.24, 2.45) is 0 Å².